The molecule has 1 aliphatic carbocycles. The molecule has 138 valence electrons. The van der Waals surface area contributed by atoms with Gasteiger partial charge in [-0.3, -0.25) is 18.7 Å². The highest BCUT2D eigenvalue weighted by Gasteiger charge is 2.35. The highest BCUT2D eigenvalue weighted by molar-refractivity contribution is 5.83. The Morgan fingerprint density at radius 3 is 2.54 bits per heavy atom. The number of nitrogens with zero attached hydrogens (tertiary/aromatic N) is 5. The van der Waals surface area contributed by atoms with Crippen LogP contribution in [0.25, 0.3) is 11.2 Å². The van der Waals surface area contributed by atoms with Gasteiger partial charge in [0.25, 0.3) is 5.56 Å². The first-order valence-corrected chi connectivity index (χ1v) is 8.67. The van der Waals surface area contributed by atoms with Crippen molar-refractivity contribution in [2.75, 3.05) is 0 Å². The summed E-state index contributed by atoms with van der Waals surface area (Å²) in [6.07, 6.45) is 5.50. The van der Waals surface area contributed by atoms with E-state index in [9.17, 15) is 19.6 Å². The van der Waals surface area contributed by atoms with Crippen LogP contribution in [0.3, 0.4) is 0 Å². The number of imidazole rings is 1. The quantitative estimate of drug-likeness (QED) is 0.849. The van der Waals surface area contributed by atoms with Crippen LogP contribution in [-0.2, 0) is 18.9 Å². The zero-order valence-electron chi connectivity index (χ0n) is 15.2. The minimum atomic E-state index is -0.849. The van der Waals surface area contributed by atoms with Crippen molar-refractivity contribution in [3.05, 3.63) is 27.2 Å². The van der Waals surface area contributed by atoms with Gasteiger partial charge in [0.05, 0.1) is 12.4 Å². The Balaban J connectivity index is 1.99. The van der Waals surface area contributed by atoms with Crippen LogP contribution in [0.5, 0.6) is 0 Å². The van der Waals surface area contributed by atoms with Gasteiger partial charge in [0.1, 0.15) is 11.6 Å². The van der Waals surface area contributed by atoms with Gasteiger partial charge in [0.15, 0.2) is 11.2 Å². The number of hydrogen-bond donors (Lipinski definition) is 1. The minimum Gasteiger partial charge on any atom is -0.336 e. The molecule has 9 nitrogen and oxygen atoms in total. The van der Waals surface area contributed by atoms with Crippen LogP contribution in [-0.4, -0.2) is 30.1 Å². The van der Waals surface area contributed by atoms with E-state index in [0.717, 1.165) is 23.8 Å². The van der Waals surface area contributed by atoms with Crippen molar-refractivity contribution in [1.82, 2.24) is 24.0 Å². The van der Waals surface area contributed by atoms with E-state index < -0.39 is 22.8 Å². The smallest absolute Gasteiger partial charge is 0.332 e. The van der Waals surface area contributed by atoms with E-state index >= 15 is 0 Å². The number of hydrogen-bond acceptors (Lipinski definition) is 5. The Kier molecular flexibility index (Phi) is 4.44. The summed E-state index contributed by atoms with van der Waals surface area (Å²) in [6, 6.07) is 1.52. The average molecular weight is 358 g/mol. The first-order chi connectivity index (χ1) is 12.3. The predicted octanol–water partition coefficient (Wildman–Crippen LogP) is 0.337. The number of aromatic nitrogens is 4. The van der Waals surface area contributed by atoms with Crippen molar-refractivity contribution in [2.24, 2.45) is 14.1 Å². The lowest BCUT2D eigenvalue weighted by Gasteiger charge is -2.32. The fourth-order valence-corrected chi connectivity index (χ4v) is 3.54. The third-order valence-corrected chi connectivity index (χ3v) is 5.25. The van der Waals surface area contributed by atoms with E-state index in [4.69, 9.17) is 0 Å². The van der Waals surface area contributed by atoms with Gasteiger partial charge in [-0.05, 0) is 19.8 Å². The fourth-order valence-electron chi connectivity index (χ4n) is 3.54. The first kappa shape index (κ1) is 17.9. The molecule has 2 aromatic rings. The van der Waals surface area contributed by atoms with Gasteiger partial charge in [0, 0.05) is 14.1 Å². The second-order valence-corrected chi connectivity index (χ2v) is 6.95. The number of carbonyl (C=O) groups excluding carboxylic acids is 1. The summed E-state index contributed by atoms with van der Waals surface area (Å²) in [6.45, 7) is 1.65. The van der Waals surface area contributed by atoms with E-state index in [2.05, 4.69) is 16.4 Å². The molecule has 1 saturated carbocycles. The van der Waals surface area contributed by atoms with Crippen molar-refractivity contribution in [1.29, 1.82) is 5.26 Å². The summed E-state index contributed by atoms with van der Waals surface area (Å²) >= 11 is 0. The molecular formula is C17H22N6O3. The summed E-state index contributed by atoms with van der Waals surface area (Å²) in [5, 5.41) is 12.4. The molecular weight excluding hydrogens is 336 g/mol. The zero-order valence-corrected chi connectivity index (χ0v) is 15.2. The minimum absolute atomic E-state index is 0.187. The van der Waals surface area contributed by atoms with Crippen molar-refractivity contribution in [2.45, 2.75) is 50.6 Å². The topological polar surface area (TPSA) is 115 Å². The first-order valence-electron chi connectivity index (χ1n) is 8.67. The molecule has 1 atom stereocenters. The fraction of sp³-hybridized carbons (Fsp3) is 0.588. The number of fused-ring (bicyclic) bond motifs is 1. The number of nitriles is 1. The largest absolute Gasteiger partial charge is 0.336 e. The zero-order chi connectivity index (χ0) is 19.1. The van der Waals surface area contributed by atoms with E-state index in [0.29, 0.717) is 12.8 Å². The second-order valence-electron chi connectivity index (χ2n) is 6.95. The van der Waals surface area contributed by atoms with Gasteiger partial charge in [-0.2, -0.15) is 5.26 Å². The summed E-state index contributed by atoms with van der Waals surface area (Å²) in [5.41, 5.74) is -1.42. The molecule has 1 N–H and O–H groups in total. The molecule has 0 saturated heterocycles. The maximum atomic E-state index is 12.8. The molecule has 3 rings (SSSR count). The van der Waals surface area contributed by atoms with Gasteiger partial charge < -0.3 is 9.88 Å². The highest BCUT2D eigenvalue weighted by atomic mass is 16.2. The molecule has 1 fully saturated rings. The molecule has 2 heterocycles. The summed E-state index contributed by atoms with van der Waals surface area (Å²) < 4.78 is 3.72. The summed E-state index contributed by atoms with van der Waals surface area (Å²) in [7, 11) is 2.91. The summed E-state index contributed by atoms with van der Waals surface area (Å²) in [5.74, 6) is -0.344. The van der Waals surface area contributed by atoms with Gasteiger partial charge in [0.2, 0.25) is 5.91 Å². The Bertz CT molecular complexity index is 1020. The molecule has 2 aromatic heterocycles. The van der Waals surface area contributed by atoms with Gasteiger partial charge >= 0.3 is 5.69 Å². The molecule has 1 amide bonds. The van der Waals surface area contributed by atoms with E-state index in [1.165, 1.54) is 29.6 Å². The van der Waals surface area contributed by atoms with E-state index in [1.807, 2.05) is 0 Å². The summed E-state index contributed by atoms with van der Waals surface area (Å²) in [4.78, 5) is 41.5. The SMILES string of the molecule is C[C@H](C(=O)NC1(C#N)CCCCC1)n1cnc2c1c(=O)n(C)c(=O)n2C. The van der Waals surface area contributed by atoms with Crippen molar-refractivity contribution < 1.29 is 4.79 Å². The number of carbonyl (C=O) groups is 1. The third-order valence-electron chi connectivity index (χ3n) is 5.25. The molecule has 0 aromatic carbocycles. The van der Waals surface area contributed by atoms with Crippen LogP contribution < -0.4 is 16.6 Å². The van der Waals surface area contributed by atoms with Crippen molar-refractivity contribution >= 4 is 17.1 Å². The van der Waals surface area contributed by atoms with Crippen molar-refractivity contribution in [3.63, 3.8) is 0 Å². The Hall–Kier alpha value is -2.89. The van der Waals surface area contributed by atoms with Crippen LogP contribution in [0.2, 0.25) is 0 Å². The molecule has 0 unspecified atom stereocenters. The van der Waals surface area contributed by atoms with E-state index in [-0.39, 0.29) is 17.1 Å². The van der Waals surface area contributed by atoms with Gasteiger partial charge in [-0.15, -0.1) is 0 Å². The number of nitrogens with one attached hydrogen (secondary N) is 1. The maximum Gasteiger partial charge on any atom is 0.332 e. The average Bonchev–Trinajstić information content (AvgIpc) is 3.09. The van der Waals surface area contributed by atoms with Crippen LogP contribution in [0.4, 0.5) is 0 Å². The van der Waals surface area contributed by atoms with Crippen molar-refractivity contribution in [3.8, 4) is 6.07 Å². The van der Waals surface area contributed by atoms with Crippen LogP contribution in [0.1, 0.15) is 45.1 Å². The Morgan fingerprint density at radius 1 is 1.27 bits per heavy atom. The van der Waals surface area contributed by atoms with E-state index in [1.54, 1.807) is 6.92 Å². The molecule has 9 heteroatoms. The Labute approximate surface area is 149 Å². The monoisotopic (exact) mass is 358 g/mol. The molecule has 0 aliphatic heterocycles. The maximum absolute atomic E-state index is 12.8. The molecule has 0 bridgehead atoms. The normalized spacial score (nSPS) is 17.6. The van der Waals surface area contributed by atoms with Gasteiger partial charge in [-0.1, -0.05) is 19.3 Å². The molecule has 1 aliphatic rings. The predicted molar refractivity (Wildman–Crippen MR) is 94.5 cm³/mol. The van der Waals surface area contributed by atoms with Crippen LogP contribution in [0, 0.1) is 11.3 Å². The third kappa shape index (κ3) is 2.71. The van der Waals surface area contributed by atoms with Crippen LogP contribution in [0.15, 0.2) is 15.9 Å². The molecule has 26 heavy (non-hydrogen) atoms. The Morgan fingerprint density at radius 2 is 1.92 bits per heavy atom. The van der Waals surface area contributed by atoms with Gasteiger partial charge in [-0.25, -0.2) is 9.78 Å². The molecule has 0 spiro atoms. The lowest BCUT2D eigenvalue weighted by molar-refractivity contribution is -0.125. The number of rotatable bonds is 3. The number of amides is 1. The lowest BCUT2D eigenvalue weighted by Crippen LogP contribution is -2.50. The number of aryl methyl sites for hydroxylation is 1. The lowest BCUT2D eigenvalue weighted by atomic mass is 9.82. The standard InChI is InChI=1S/C17H22N6O3/c1-11(14(24)20-17(9-18)7-5-4-6-8-17)23-10-19-13-12(23)15(25)22(3)16(26)21(13)2/h10-11H,4-8H2,1-3H3,(H,20,24)/t11-/m1/s1. The second kappa shape index (κ2) is 6.44. The molecule has 0 radical (unpaired) electrons. The van der Waals surface area contributed by atoms with Crippen LogP contribution >= 0.6 is 0 Å². The highest BCUT2D eigenvalue weighted by Crippen LogP contribution is 2.28.